The maximum atomic E-state index is 12.0. The summed E-state index contributed by atoms with van der Waals surface area (Å²) in [5, 5.41) is 3.12. The van der Waals surface area contributed by atoms with Crippen LogP contribution in [0.1, 0.15) is 18.4 Å². The third kappa shape index (κ3) is 5.63. The van der Waals surface area contributed by atoms with Gasteiger partial charge in [-0.05, 0) is 61.7 Å². The fraction of sp³-hybridized carbons (Fsp3) is 0.333. The lowest BCUT2D eigenvalue weighted by molar-refractivity contribution is -0.149. The minimum atomic E-state index is -0.642. The van der Waals surface area contributed by atoms with Crippen molar-refractivity contribution in [3.63, 3.8) is 0 Å². The number of aryl methyl sites for hydroxylation is 1. The third-order valence-electron chi connectivity index (χ3n) is 4.42. The highest BCUT2D eigenvalue weighted by Gasteiger charge is 2.13. The average molecular weight is 403 g/mol. The molecule has 1 saturated heterocycles. The van der Waals surface area contributed by atoms with E-state index in [0.717, 1.165) is 24.3 Å². The summed E-state index contributed by atoms with van der Waals surface area (Å²) < 4.78 is 10.3. The SMILES string of the molecule is Cc1ccc(Cl)c(OCC(=O)OCC(=O)Nc2ccc(N3CCCC3)cc2)c1. The molecule has 3 rings (SSSR count). The van der Waals surface area contributed by atoms with Crippen molar-refractivity contribution in [2.45, 2.75) is 19.8 Å². The van der Waals surface area contributed by atoms with Crippen LogP contribution in [0.25, 0.3) is 0 Å². The zero-order valence-corrected chi connectivity index (χ0v) is 16.5. The van der Waals surface area contributed by atoms with Crippen LogP contribution in [0, 0.1) is 6.92 Å². The summed E-state index contributed by atoms with van der Waals surface area (Å²) in [6.45, 7) is 3.33. The molecule has 0 aromatic heterocycles. The Kier molecular flexibility index (Phi) is 6.76. The molecule has 6 nitrogen and oxygen atoms in total. The van der Waals surface area contributed by atoms with Crippen molar-refractivity contribution in [3.8, 4) is 5.75 Å². The molecule has 0 unspecified atom stereocenters. The summed E-state index contributed by atoms with van der Waals surface area (Å²) in [7, 11) is 0. The lowest BCUT2D eigenvalue weighted by atomic mass is 10.2. The molecule has 1 aliphatic rings. The van der Waals surface area contributed by atoms with Crippen LogP contribution in [0.2, 0.25) is 5.02 Å². The van der Waals surface area contributed by atoms with Gasteiger partial charge in [-0.3, -0.25) is 4.79 Å². The van der Waals surface area contributed by atoms with Crippen molar-refractivity contribution in [2.75, 3.05) is 36.5 Å². The van der Waals surface area contributed by atoms with Gasteiger partial charge >= 0.3 is 5.97 Å². The third-order valence-corrected chi connectivity index (χ3v) is 4.73. The van der Waals surface area contributed by atoms with E-state index in [9.17, 15) is 9.59 Å². The van der Waals surface area contributed by atoms with E-state index in [1.54, 1.807) is 12.1 Å². The zero-order valence-electron chi connectivity index (χ0n) is 15.7. The number of carbonyl (C=O) groups is 2. The number of ether oxygens (including phenoxy) is 2. The Hall–Kier alpha value is -2.73. The summed E-state index contributed by atoms with van der Waals surface area (Å²) in [5.41, 5.74) is 2.77. The standard InChI is InChI=1S/C21H23ClN2O4/c1-15-4-9-18(22)19(12-15)27-14-21(26)28-13-20(25)23-16-5-7-17(8-6-16)24-10-2-3-11-24/h4-9,12H,2-3,10-11,13-14H2,1H3,(H,23,25). The van der Waals surface area contributed by atoms with Crippen LogP contribution in [0.4, 0.5) is 11.4 Å². The molecule has 1 heterocycles. The minimum Gasteiger partial charge on any atom is -0.480 e. The number of nitrogens with zero attached hydrogens (tertiary/aromatic N) is 1. The van der Waals surface area contributed by atoms with Gasteiger partial charge in [0.25, 0.3) is 5.91 Å². The molecule has 0 bridgehead atoms. The molecule has 0 radical (unpaired) electrons. The Morgan fingerprint density at radius 3 is 2.50 bits per heavy atom. The molecular formula is C21H23ClN2O4. The number of hydrogen-bond acceptors (Lipinski definition) is 5. The van der Waals surface area contributed by atoms with Gasteiger partial charge in [-0.25, -0.2) is 4.79 Å². The van der Waals surface area contributed by atoms with Gasteiger partial charge in [-0.1, -0.05) is 17.7 Å². The minimum absolute atomic E-state index is 0.318. The predicted octanol–water partition coefficient (Wildman–Crippen LogP) is 3.81. The Morgan fingerprint density at radius 1 is 1.07 bits per heavy atom. The average Bonchev–Trinajstić information content (AvgIpc) is 3.22. The van der Waals surface area contributed by atoms with E-state index < -0.39 is 11.9 Å². The van der Waals surface area contributed by atoms with E-state index >= 15 is 0 Å². The molecule has 1 fully saturated rings. The van der Waals surface area contributed by atoms with Crippen molar-refractivity contribution < 1.29 is 19.1 Å². The van der Waals surface area contributed by atoms with Crippen LogP contribution in [-0.2, 0) is 14.3 Å². The molecule has 1 N–H and O–H groups in total. The lowest BCUT2D eigenvalue weighted by Crippen LogP contribution is -2.23. The van der Waals surface area contributed by atoms with Crippen LogP contribution in [0.3, 0.4) is 0 Å². The molecule has 1 aliphatic heterocycles. The summed E-state index contributed by atoms with van der Waals surface area (Å²) in [4.78, 5) is 26.1. The van der Waals surface area contributed by atoms with E-state index in [0.29, 0.717) is 16.5 Å². The molecule has 2 aromatic rings. The first-order valence-corrected chi connectivity index (χ1v) is 9.58. The van der Waals surface area contributed by atoms with E-state index in [2.05, 4.69) is 10.2 Å². The molecular weight excluding hydrogens is 380 g/mol. The number of esters is 1. The highest BCUT2D eigenvalue weighted by molar-refractivity contribution is 6.32. The molecule has 28 heavy (non-hydrogen) atoms. The van der Waals surface area contributed by atoms with Crippen molar-refractivity contribution >= 4 is 34.9 Å². The highest BCUT2D eigenvalue weighted by Crippen LogP contribution is 2.25. The number of anilines is 2. The molecule has 1 amide bonds. The van der Waals surface area contributed by atoms with Crippen molar-refractivity contribution in [1.29, 1.82) is 0 Å². The van der Waals surface area contributed by atoms with Gasteiger partial charge in [0.15, 0.2) is 13.2 Å². The second-order valence-corrected chi connectivity index (χ2v) is 7.08. The highest BCUT2D eigenvalue weighted by atomic mass is 35.5. The van der Waals surface area contributed by atoms with Gasteiger partial charge in [-0.2, -0.15) is 0 Å². The fourth-order valence-electron chi connectivity index (χ4n) is 2.97. The molecule has 2 aromatic carbocycles. The maximum Gasteiger partial charge on any atom is 0.344 e. The first kappa shape index (κ1) is 20.0. The number of amides is 1. The zero-order chi connectivity index (χ0) is 19.9. The van der Waals surface area contributed by atoms with Gasteiger partial charge in [0.1, 0.15) is 5.75 Å². The smallest absolute Gasteiger partial charge is 0.344 e. The van der Waals surface area contributed by atoms with Crippen LogP contribution < -0.4 is 15.0 Å². The second kappa shape index (κ2) is 9.46. The maximum absolute atomic E-state index is 12.0. The lowest BCUT2D eigenvalue weighted by Gasteiger charge is -2.17. The molecule has 0 aliphatic carbocycles. The molecule has 148 valence electrons. The number of halogens is 1. The van der Waals surface area contributed by atoms with E-state index in [4.69, 9.17) is 21.1 Å². The van der Waals surface area contributed by atoms with Crippen LogP contribution in [-0.4, -0.2) is 38.2 Å². The number of hydrogen-bond donors (Lipinski definition) is 1. The number of rotatable bonds is 7. The second-order valence-electron chi connectivity index (χ2n) is 6.67. The first-order valence-electron chi connectivity index (χ1n) is 9.21. The topological polar surface area (TPSA) is 67.9 Å². The molecule has 0 atom stereocenters. The number of benzene rings is 2. The summed E-state index contributed by atoms with van der Waals surface area (Å²) in [6, 6.07) is 12.9. The van der Waals surface area contributed by atoms with Crippen molar-refractivity contribution in [2.24, 2.45) is 0 Å². The van der Waals surface area contributed by atoms with Crippen LogP contribution >= 0.6 is 11.6 Å². The van der Waals surface area contributed by atoms with Gasteiger partial charge in [0, 0.05) is 24.5 Å². The van der Waals surface area contributed by atoms with Gasteiger partial charge in [0.2, 0.25) is 0 Å². The number of carbonyl (C=O) groups excluding carboxylic acids is 2. The monoisotopic (exact) mass is 402 g/mol. The molecule has 0 saturated carbocycles. The normalized spacial score (nSPS) is 13.3. The van der Waals surface area contributed by atoms with Crippen LogP contribution in [0.5, 0.6) is 5.75 Å². The van der Waals surface area contributed by atoms with Crippen molar-refractivity contribution in [3.05, 3.63) is 53.1 Å². The van der Waals surface area contributed by atoms with Crippen LogP contribution in [0.15, 0.2) is 42.5 Å². The molecule has 0 spiro atoms. The Morgan fingerprint density at radius 2 is 1.79 bits per heavy atom. The summed E-state index contributed by atoms with van der Waals surface area (Å²) in [5.74, 6) is -0.644. The van der Waals surface area contributed by atoms with E-state index in [1.807, 2.05) is 37.3 Å². The van der Waals surface area contributed by atoms with Crippen molar-refractivity contribution in [1.82, 2.24) is 0 Å². The largest absolute Gasteiger partial charge is 0.480 e. The predicted molar refractivity (Wildman–Crippen MR) is 109 cm³/mol. The van der Waals surface area contributed by atoms with E-state index in [-0.39, 0.29) is 13.2 Å². The number of nitrogens with one attached hydrogen (secondary N) is 1. The fourth-order valence-corrected chi connectivity index (χ4v) is 3.15. The summed E-state index contributed by atoms with van der Waals surface area (Å²) >= 11 is 6.01. The Balaban J connectivity index is 1.41. The van der Waals surface area contributed by atoms with Gasteiger partial charge in [0.05, 0.1) is 5.02 Å². The first-order chi connectivity index (χ1) is 13.5. The Bertz CT molecular complexity index is 833. The quantitative estimate of drug-likeness (QED) is 0.713. The van der Waals surface area contributed by atoms with E-state index in [1.165, 1.54) is 12.8 Å². The summed E-state index contributed by atoms with van der Waals surface area (Å²) in [6.07, 6.45) is 2.42. The Labute approximate surface area is 169 Å². The van der Waals surface area contributed by atoms with Gasteiger partial charge < -0.3 is 19.7 Å². The van der Waals surface area contributed by atoms with Gasteiger partial charge in [-0.15, -0.1) is 0 Å². The molecule has 7 heteroatoms.